The van der Waals surface area contributed by atoms with E-state index in [2.05, 4.69) is 27.5 Å². The summed E-state index contributed by atoms with van der Waals surface area (Å²) in [5.74, 6) is 0.0859. The van der Waals surface area contributed by atoms with Gasteiger partial charge in [0, 0.05) is 11.3 Å². The normalized spacial score (nSPS) is 20.3. The number of thioether (sulfide) groups is 1. The van der Waals surface area contributed by atoms with E-state index in [1.807, 2.05) is 25.6 Å². The van der Waals surface area contributed by atoms with Crippen molar-refractivity contribution in [3.8, 4) is 0 Å². The van der Waals surface area contributed by atoms with Crippen LogP contribution in [0.5, 0.6) is 0 Å². The third kappa shape index (κ3) is 3.66. The maximum Gasteiger partial charge on any atom is 0.236 e. The molecule has 88 valence electrons. The van der Waals surface area contributed by atoms with Crippen LogP contribution in [0.15, 0.2) is 0 Å². The van der Waals surface area contributed by atoms with Gasteiger partial charge in [-0.25, -0.2) is 0 Å². The summed E-state index contributed by atoms with van der Waals surface area (Å²) in [6.45, 7) is 4.56. The second-order valence-corrected chi connectivity index (χ2v) is 8.01. The lowest BCUT2D eigenvalue weighted by molar-refractivity contribution is -0.122. The lowest BCUT2D eigenvalue weighted by Gasteiger charge is -2.28. The molecule has 1 amide bonds. The SMILES string of the molecule is CSC1(CNC(=O)C(C)(C)Br)CCCC1. The first kappa shape index (κ1) is 13.4. The molecule has 2 nitrogen and oxygen atoms in total. The quantitative estimate of drug-likeness (QED) is 0.808. The van der Waals surface area contributed by atoms with Crippen molar-refractivity contribution >= 4 is 33.6 Å². The summed E-state index contributed by atoms with van der Waals surface area (Å²) in [5, 5.41) is 3.05. The second kappa shape index (κ2) is 5.09. The summed E-state index contributed by atoms with van der Waals surface area (Å²) in [4.78, 5) is 11.7. The number of alkyl halides is 1. The molecule has 1 rings (SSSR count). The van der Waals surface area contributed by atoms with Crippen LogP contribution in [-0.2, 0) is 4.79 Å². The van der Waals surface area contributed by atoms with Crippen molar-refractivity contribution in [1.82, 2.24) is 5.32 Å². The first-order valence-corrected chi connectivity index (χ1v) is 7.44. The molecule has 0 aromatic carbocycles. The van der Waals surface area contributed by atoms with Crippen LogP contribution in [0.3, 0.4) is 0 Å². The van der Waals surface area contributed by atoms with Crippen LogP contribution in [-0.4, -0.2) is 27.8 Å². The maximum atomic E-state index is 11.7. The molecule has 4 heteroatoms. The fourth-order valence-electron chi connectivity index (χ4n) is 1.92. The predicted molar refractivity (Wildman–Crippen MR) is 70.7 cm³/mol. The lowest BCUT2D eigenvalue weighted by atomic mass is 10.1. The van der Waals surface area contributed by atoms with Gasteiger partial charge in [0.1, 0.15) is 0 Å². The van der Waals surface area contributed by atoms with Gasteiger partial charge in [-0.3, -0.25) is 4.79 Å². The molecule has 0 aromatic heterocycles. The van der Waals surface area contributed by atoms with Gasteiger partial charge in [-0.05, 0) is 32.9 Å². The average molecular weight is 294 g/mol. The summed E-state index contributed by atoms with van der Waals surface area (Å²) in [5.41, 5.74) is 0. The molecule has 0 aromatic rings. The van der Waals surface area contributed by atoms with E-state index in [1.165, 1.54) is 25.7 Å². The van der Waals surface area contributed by atoms with Crippen molar-refractivity contribution < 1.29 is 4.79 Å². The Morgan fingerprint density at radius 2 is 2.00 bits per heavy atom. The summed E-state index contributed by atoms with van der Waals surface area (Å²) in [6.07, 6.45) is 7.22. The van der Waals surface area contributed by atoms with E-state index in [9.17, 15) is 4.79 Å². The van der Waals surface area contributed by atoms with E-state index in [0.717, 1.165) is 6.54 Å². The number of carbonyl (C=O) groups excluding carboxylic acids is 1. The Kier molecular flexibility index (Phi) is 4.53. The van der Waals surface area contributed by atoms with Crippen LogP contribution < -0.4 is 5.32 Å². The lowest BCUT2D eigenvalue weighted by Crippen LogP contribution is -2.44. The Hall–Kier alpha value is 0.300. The average Bonchev–Trinajstić information content (AvgIpc) is 2.62. The highest BCUT2D eigenvalue weighted by Gasteiger charge is 2.34. The second-order valence-electron chi connectivity index (χ2n) is 4.75. The van der Waals surface area contributed by atoms with Crippen molar-refractivity contribution in [2.24, 2.45) is 0 Å². The molecule has 0 spiro atoms. The minimum atomic E-state index is -0.453. The Morgan fingerprint density at radius 3 is 2.40 bits per heavy atom. The first-order chi connectivity index (χ1) is 6.90. The molecular formula is C11H20BrNOS. The van der Waals surface area contributed by atoms with E-state index < -0.39 is 4.32 Å². The van der Waals surface area contributed by atoms with E-state index >= 15 is 0 Å². The zero-order valence-electron chi connectivity index (χ0n) is 9.73. The standard InChI is InChI=1S/C11H20BrNOS/c1-10(2,12)9(14)13-8-11(15-3)6-4-5-7-11/h4-8H2,1-3H3,(H,13,14). The van der Waals surface area contributed by atoms with Crippen LogP contribution in [0.2, 0.25) is 0 Å². The highest BCUT2D eigenvalue weighted by molar-refractivity contribution is 9.10. The van der Waals surface area contributed by atoms with Gasteiger partial charge >= 0.3 is 0 Å². The number of hydrogen-bond donors (Lipinski definition) is 1. The van der Waals surface area contributed by atoms with Crippen LogP contribution in [0.25, 0.3) is 0 Å². The van der Waals surface area contributed by atoms with Gasteiger partial charge in [-0.1, -0.05) is 28.8 Å². The molecule has 0 aliphatic heterocycles. The van der Waals surface area contributed by atoms with Gasteiger partial charge in [0.15, 0.2) is 0 Å². The number of rotatable bonds is 4. The molecule has 0 saturated heterocycles. The van der Waals surface area contributed by atoms with Crippen molar-refractivity contribution in [1.29, 1.82) is 0 Å². The van der Waals surface area contributed by atoms with Crippen molar-refractivity contribution in [3.05, 3.63) is 0 Å². The van der Waals surface area contributed by atoms with Crippen LogP contribution in [0.1, 0.15) is 39.5 Å². The molecule has 0 heterocycles. The molecule has 15 heavy (non-hydrogen) atoms. The van der Waals surface area contributed by atoms with E-state index in [1.54, 1.807) is 0 Å². The number of carbonyl (C=O) groups is 1. The predicted octanol–water partition coefficient (Wildman–Crippen LogP) is 2.95. The van der Waals surface area contributed by atoms with Crippen molar-refractivity contribution in [3.63, 3.8) is 0 Å². The monoisotopic (exact) mass is 293 g/mol. The van der Waals surface area contributed by atoms with Gasteiger partial charge in [-0.2, -0.15) is 11.8 Å². The maximum absolute atomic E-state index is 11.7. The zero-order valence-corrected chi connectivity index (χ0v) is 12.1. The molecule has 1 aliphatic rings. The fourth-order valence-corrected chi connectivity index (χ4v) is 2.98. The summed E-state index contributed by atoms with van der Waals surface area (Å²) < 4.78 is -0.154. The summed E-state index contributed by atoms with van der Waals surface area (Å²) >= 11 is 5.28. The van der Waals surface area contributed by atoms with Gasteiger partial charge in [-0.15, -0.1) is 0 Å². The minimum Gasteiger partial charge on any atom is -0.354 e. The van der Waals surface area contributed by atoms with Crippen LogP contribution in [0.4, 0.5) is 0 Å². The molecule has 1 fully saturated rings. The molecule has 1 aliphatic carbocycles. The number of halogens is 1. The van der Waals surface area contributed by atoms with Crippen LogP contribution in [0, 0.1) is 0 Å². The van der Waals surface area contributed by atoms with Gasteiger partial charge in [0.05, 0.1) is 4.32 Å². The summed E-state index contributed by atoms with van der Waals surface area (Å²) in [7, 11) is 0. The molecule has 0 radical (unpaired) electrons. The highest BCUT2D eigenvalue weighted by atomic mass is 79.9. The van der Waals surface area contributed by atoms with E-state index in [-0.39, 0.29) is 5.91 Å². The third-order valence-corrected chi connectivity index (χ3v) is 4.84. The Balaban J connectivity index is 2.45. The smallest absolute Gasteiger partial charge is 0.236 e. The molecule has 1 N–H and O–H groups in total. The van der Waals surface area contributed by atoms with Gasteiger partial charge in [0.25, 0.3) is 0 Å². The first-order valence-electron chi connectivity index (χ1n) is 5.42. The Bertz CT molecular complexity index is 231. The van der Waals surface area contributed by atoms with Gasteiger partial charge < -0.3 is 5.32 Å². The Morgan fingerprint density at radius 1 is 1.47 bits per heavy atom. The molecule has 1 saturated carbocycles. The number of nitrogens with one attached hydrogen (secondary N) is 1. The van der Waals surface area contributed by atoms with Crippen LogP contribution >= 0.6 is 27.7 Å². The Labute approximate surface area is 105 Å². The fraction of sp³-hybridized carbons (Fsp3) is 0.909. The van der Waals surface area contributed by atoms with E-state index in [4.69, 9.17) is 0 Å². The molecule has 0 bridgehead atoms. The van der Waals surface area contributed by atoms with Crippen molar-refractivity contribution in [2.45, 2.75) is 48.6 Å². The van der Waals surface area contributed by atoms with Gasteiger partial charge in [0.2, 0.25) is 5.91 Å². The zero-order chi connectivity index (χ0) is 11.5. The highest BCUT2D eigenvalue weighted by Crippen LogP contribution is 2.39. The number of amides is 1. The molecular weight excluding hydrogens is 274 g/mol. The van der Waals surface area contributed by atoms with E-state index in [0.29, 0.717) is 4.75 Å². The third-order valence-electron chi connectivity index (χ3n) is 3.06. The largest absolute Gasteiger partial charge is 0.354 e. The number of hydrogen-bond acceptors (Lipinski definition) is 2. The van der Waals surface area contributed by atoms with Crippen molar-refractivity contribution in [2.75, 3.05) is 12.8 Å². The summed E-state index contributed by atoms with van der Waals surface area (Å²) in [6, 6.07) is 0. The topological polar surface area (TPSA) is 29.1 Å². The molecule has 0 atom stereocenters. The molecule has 0 unspecified atom stereocenters. The minimum absolute atomic E-state index is 0.0859.